The van der Waals surface area contributed by atoms with Crippen LogP contribution in [0.1, 0.15) is 139 Å². The molecule has 2 atom stereocenters. The molecule has 0 aliphatic heterocycles. The van der Waals surface area contributed by atoms with Crippen molar-refractivity contribution in [1.82, 2.24) is 0 Å². The van der Waals surface area contributed by atoms with Crippen LogP contribution in [0.5, 0.6) is 0 Å². The summed E-state index contributed by atoms with van der Waals surface area (Å²) in [6.07, 6.45) is 22.3. The van der Waals surface area contributed by atoms with E-state index in [0.717, 1.165) is 11.8 Å². The van der Waals surface area contributed by atoms with Gasteiger partial charge in [0.2, 0.25) is 0 Å². The molecular weight excluding hydrogens is 769 g/mol. The third-order valence-electron chi connectivity index (χ3n) is 11.6. The van der Waals surface area contributed by atoms with Gasteiger partial charge in [-0.15, -0.1) is 68.0 Å². The maximum absolute atomic E-state index is 2.60. The normalized spacial score (nSPS) is 13.3. The van der Waals surface area contributed by atoms with Gasteiger partial charge in [0.05, 0.1) is 9.58 Å². The smallest absolute Gasteiger partial charge is 0.0621 e. The Morgan fingerprint density at radius 2 is 1.13 bits per heavy atom. The van der Waals surface area contributed by atoms with E-state index in [1.54, 1.807) is 14.6 Å². The first-order chi connectivity index (χ1) is 26.5. The molecule has 6 heterocycles. The van der Waals surface area contributed by atoms with E-state index in [-0.39, 0.29) is 0 Å². The Morgan fingerprint density at radius 1 is 0.500 bits per heavy atom. The maximum atomic E-state index is 2.60. The molecule has 0 bridgehead atoms. The van der Waals surface area contributed by atoms with Crippen LogP contribution in [-0.4, -0.2) is 0 Å². The summed E-state index contributed by atoms with van der Waals surface area (Å²) in [6.45, 7) is 11.7. The van der Waals surface area contributed by atoms with Gasteiger partial charge in [0.25, 0.3) is 0 Å². The summed E-state index contributed by atoms with van der Waals surface area (Å²) in [5.74, 6) is 1.57. The molecule has 0 saturated carbocycles. The van der Waals surface area contributed by atoms with Crippen LogP contribution >= 0.6 is 68.0 Å². The standard InChI is InChI=1S/C48H60S6/c1-6-11-14-15-16-17-20-35-29-34-31-50-48(45(34)53-35)42-30-39-44(41-24-22-37(52-41)28-33(10-5)19-13-8-3)46-38(25-26-49-46)43(47(39)54-42)40-23-21-36(51-40)27-32(9-4)18-12-7-2/h21-26,29-33H,6-20,27-28H2,1-5H3. The molecule has 0 N–H and O–H groups in total. The lowest BCUT2D eigenvalue weighted by molar-refractivity contribution is 0.452. The first-order valence-corrected chi connectivity index (χ1v) is 26.2. The molecule has 6 heteroatoms. The minimum atomic E-state index is 0.786. The Bertz CT molecular complexity index is 2100. The van der Waals surface area contributed by atoms with Gasteiger partial charge in [-0.25, -0.2) is 0 Å². The monoisotopic (exact) mass is 828 g/mol. The largest absolute Gasteiger partial charge is 0.143 e. The Labute approximate surface area is 349 Å². The number of thiophene rings is 6. The average Bonchev–Trinajstić information content (AvgIpc) is 4.04. The Hall–Kier alpha value is -1.80. The quantitative estimate of drug-likeness (QED) is 0.0597. The van der Waals surface area contributed by atoms with Crippen molar-refractivity contribution in [2.75, 3.05) is 0 Å². The van der Waals surface area contributed by atoms with Crippen LogP contribution in [0, 0.1) is 11.8 Å². The van der Waals surface area contributed by atoms with Gasteiger partial charge in [0, 0.05) is 71.3 Å². The summed E-state index contributed by atoms with van der Waals surface area (Å²) in [5, 5.41) is 9.13. The Morgan fingerprint density at radius 3 is 1.78 bits per heavy atom. The number of hydrogen-bond donors (Lipinski definition) is 0. The minimum absolute atomic E-state index is 0.786. The van der Waals surface area contributed by atoms with Crippen molar-refractivity contribution >= 4 is 98.3 Å². The van der Waals surface area contributed by atoms with Crippen molar-refractivity contribution in [3.63, 3.8) is 0 Å². The Kier molecular flexibility index (Phi) is 14.6. The van der Waals surface area contributed by atoms with Gasteiger partial charge in [-0.05, 0) is 85.4 Å². The van der Waals surface area contributed by atoms with Gasteiger partial charge >= 0.3 is 0 Å². The second kappa shape index (κ2) is 19.6. The van der Waals surface area contributed by atoms with Gasteiger partial charge in [0.15, 0.2) is 0 Å². The van der Waals surface area contributed by atoms with E-state index in [1.807, 2.05) is 22.7 Å². The third-order valence-corrected chi connectivity index (χ3v) is 18.5. The zero-order chi connectivity index (χ0) is 37.4. The van der Waals surface area contributed by atoms with Gasteiger partial charge in [-0.1, -0.05) is 118 Å². The maximum Gasteiger partial charge on any atom is 0.0621 e. The molecule has 0 radical (unpaired) electrons. The molecule has 0 fully saturated rings. The van der Waals surface area contributed by atoms with Crippen molar-refractivity contribution in [3.8, 4) is 30.6 Å². The summed E-state index contributed by atoms with van der Waals surface area (Å²) in [7, 11) is 0. The van der Waals surface area contributed by atoms with E-state index in [4.69, 9.17) is 0 Å². The summed E-state index contributed by atoms with van der Waals surface area (Å²) in [5.41, 5.74) is 2.95. The number of rotatable bonds is 22. The molecule has 7 aromatic rings. The second-order valence-electron chi connectivity index (χ2n) is 15.6. The zero-order valence-electron chi connectivity index (χ0n) is 33.3. The summed E-state index contributed by atoms with van der Waals surface area (Å²) >= 11 is 12.2. The number of aryl methyl sites for hydroxylation is 1. The number of hydrogen-bond acceptors (Lipinski definition) is 6. The highest BCUT2D eigenvalue weighted by Gasteiger charge is 2.24. The predicted molar refractivity (Wildman–Crippen MR) is 254 cm³/mol. The minimum Gasteiger partial charge on any atom is -0.143 e. The first-order valence-electron chi connectivity index (χ1n) is 21.2. The highest BCUT2D eigenvalue weighted by atomic mass is 32.1. The van der Waals surface area contributed by atoms with Crippen LogP contribution in [0.4, 0.5) is 0 Å². The van der Waals surface area contributed by atoms with E-state index in [9.17, 15) is 0 Å². The van der Waals surface area contributed by atoms with Crippen molar-refractivity contribution in [3.05, 3.63) is 67.9 Å². The molecule has 0 spiro atoms. The lowest BCUT2D eigenvalue weighted by atomic mass is 9.95. The van der Waals surface area contributed by atoms with Crippen LogP contribution in [-0.2, 0) is 19.3 Å². The highest BCUT2D eigenvalue weighted by Crippen LogP contribution is 2.54. The highest BCUT2D eigenvalue weighted by molar-refractivity contribution is 7.31. The number of benzene rings is 1. The molecule has 0 aliphatic carbocycles. The molecule has 0 aliphatic rings. The fraction of sp³-hybridized carbons (Fsp3) is 0.500. The molecule has 6 aromatic heterocycles. The van der Waals surface area contributed by atoms with Crippen molar-refractivity contribution < 1.29 is 0 Å². The van der Waals surface area contributed by atoms with Crippen molar-refractivity contribution in [1.29, 1.82) is 0 Å². The third kappa shape index (κ3) is 9.16. The molecule has 0 nitrogen and oxygen atoms in total. The van der Waals surface area contributed by atoms with E-state index < -0.39 is 0 Å². The van der Waals surface area contributed by atoms with Crippen LogP contribution in [0.15, 0.2) is 53.2 Å². The summed E-state index contributed by atoms with van der Waals surface area (Å²) < 4.78 is 4.45. The van der Waals surface area contributed by atoms with E-state index in [2.05, 4.69) is 133 Å². The average molecular weight is 829 g/mol. The van der Waals surface area contributed by atoms with Crippen LogP contribution < -0.4 is 0 Å². The van der Waals surface area contributed by atoms with Crippen LogP contribution in [0.3, 0.4) is 0 Å². The number of fused-ring (bicyclic) bond motifs is 3. The zero-order valence-corrected chi connectivity index (χ0v) is 38.2. The molecule has 0 saturated heterocycles. The SMILES string of the molecule is CCCCCCCCc1cc2csc(-c3cc4c(-c5ccc(CC(CC)CCCC)s5)c5sccc5c(-c5ccc(CC(CC)CCCC)s5)c4s3)c2s1. The molecule has 288 valence electrons. The fourth-order valence-electron chi connectivity index (χ4n) is 8.28. The molecule has 1 aromatic carbocycles. The van der Waals surface area contributed by atoms with Crippen LogP contribution in [0.25, 0.3) is 60.9 Å². The van der Waals surface area contributed by atoms with Gasteiger partial charge in [0.1, 0.15) is 0 Å². The van der Waals surface area contributed by atoms with E-state index in [1.165, 1.54) is 170 Å². The first kappa shape index (κ1) is 40.4. The molecule has 54 heavy (non-hydrogen) atoms. The summed E-state index contributed by atoms with van der Waals surface area (Å²) in [4.78, 5) is 10.5. The van der Waals surface area contributed by atoms with Crippen molar-refractivity contribution in [2.45, 2.75) is 144 Å². The van der Waals surface area contributed by atoms with Gasteiger partial charge in [-0.3, -0.25) is 0 Å². The molecule has 7 rings (SSSR count). The lowest BCUT2D eigenvalue weighted by Crippen LogP contribution is -2.01. The van der Waals surface area contributed by atoms with Gasteiger partial charge < -0.3 is 0 Å². The molecule has 0 amide bonds. The predicted octanol–water partition coefficient (Wildman–Crippen LogP) is 18.9. The lowest BCUT2D eigenvalue weighted by Gasteiger charge is -2.13. The van der Waals surface area contributed by atoms with Crippen LogP contribution in [0.2, 0.25) is 0 Å². The molecule has 2 unspecified atom stereocenters. The van der Waals surface area contributed by atoms with E-state index >= 15 is 0 Å². The van der Waals surface area contributed by atoms with Crippen molar-refractivity contribution in [2.24, 2.45) is 11.8 Å². The topological polar surface area (TPSA) is 0 Å². The molecular formula is C48H60S6. The van der Waals surface area contributed by atoms with Gasteiger partial charge in [-0.2, -0.15) is 0 Å². The second-order valence-corrected chi connectivity index (χ2v) is 21.9. The fourth-order valence-corrected chi connectivity index (χ4v) is 15.6. The van der Waals surface area contributed by atoms with E-state index in [0.29, 0.717) is 0 Å². The summed E-state index contributed by atoms with van der Waals surface area (Å²) in [6, 6.07) is 17.3. The Balaban J connectivity index is 1.30. The number of unbranched alkanes of at least 4 members (excludes halogenated alkanes) is 7.